The van der Waals surface area contributed by atoms with E-state index in [4.69, 9.17) is 11.5 Å². The Balaban J connectivity index is 1.52. The van der Waals surface area contributed by atoms with Crippen LogP contribution >= 0.6 is 35.3 Å². The topological polar surface area (TPSA) is 197 Å². The van der Waals surface area contributed by atoms with Gasteiger partial charge in [0.05, 0.1) is 0 Å². The van der Waals surface area contributed by atoms with Gasteiger partial charge in [0.1, 0.15) is 28.6 Å². The van der Waals surface area contributed by atoms with Crippen molar-refractivity contribution in [1.29, 1.82) is 0 Å². The molecule has 2 aliphatic rings. The molecule has 0 unspecified atom stereocenters. The normalized spacial score (nSPS) is 19.3. The molecule has 2 aliphatic heterocycles. The second-order valence-electron chi connectivity index (χ2n) is 7.76. The Hall–Kier alpha value is -3.27. The number of fused-ring (bicyclic) bond motifs is 1. The number of carbonyl (C=O) groups excluding carboxylic acids is 2. The fourth-order valence-corrected chi connectivity index (χ4v) is 7.11. The van der Waals surface area contributed by atoms with E-state index in [2.05, 4.69) is 20.4 Å². The van der Waals surface area contributed by atoms with Crippen LogP contribution in [0, 0.1) is 0 Å². The summed E-state index contributed by atoms with van der Waals surface area (Å²) in [6.07, 6.45) is 3.37. The summed E-state index contributed by atoms with van der Waals surface area (Å²) < 4.78 is 0. The van der Waals surface area contributed by atoms with Gasteiger partial charge in [-0.05, 0) is 23.8 Å². The highest BCUT2D eigenvalue weighted by molar-refractivity contribution is 8.06. The van der Waals surface area contributed by atoms with E-state index >= 15 is 0 Å². The summed E-state index contributed by atoms with van der Waals surface area (Å²) in [5.41, 5.74) is 11.7. The lowest BCUT2D eigenvalue weighted by Gasteiger charge is -2.49. The van der Waals surface area contributed by atoms with Gasteiger partial charge in [0.2, 0.25) is 0 Å². The number of β-lactam (4-membered cyclic amide) rings is 1. The number of carboxylic acids is 1. The fraction of sp³-hybridized carbons (Fsp3) is 0.273. The van der Waals surface area contributed by atoms with Gasteiger partial charge in [-0.25, -0.2) is 9.78 Å². The molecule has 0 bridgehead atoms. The van der Waals surface area contributed by atoms with E-state index in [-0.39, 0.29) is 17.2 Å². The third kappa shape index (κ3) is 5.69. The number of rotatable bonds is 10. The number of hydrogen-bond acceptors (Lipinski definition) is 12. The number of aliphatic carboxylic acids is 1. The third-order valence-electron chi connectivity index (χ3n) is 5.36. The lowest BCUT2D eigenvalue weighted by atomic mass is 10.0. The second kappa shape index (κ2) is 11.9. The summed E-state index contributed by atoms with van der Waals surface area (Å²) in [7, 11) is 0. The number of carbonyl (C=O) groups is 3. The smallest absolute Gasteiger partial charge is 0.353 e. The minimum Gasteiger partial charge on any atom is -0.477 e. The Morgan fingerprint density at radius 2 is 2.14 bits per heavy atom. The predicted molar refractivity (Wildman–Crippen MR) is 142 cm³/mol. The minimum atomic E-state index is -1.24. The average molecular weight is 562 g/mol. The van der Waals surface area contributed by atoms with Gasteiger partial charge >= 0.3 is 5.97 Å². The van der Waals surface area contributed by atoms with Crippen LogP contribution < -0.4 is 16.8 Å². The maximum absolute atomic E-state index is 13.0. The van der Waals surface area contributed by atoms with Crippen molar-refractivity contribution in [2.75, 3.05) is 23.8 Å². The van der Waals surface area contributed by atoms with Crippen molar-refractivity contribution in [2.24, 2.45) is 10.9 Å². The van der Waals surface area contributed by atoms with Gasteiger partial charge in [-0.1, -0.05) is 23.0 Å². The molecule has 12 nitrogen and oxygen atoms in total. The highest BCUT2D eigenvalue weighted by atomic mass is 32.2. The first kappa shape index (κ1) is 26.8. The first-order valence-electron chi connectivity index (χ1n) is 10.9. The van der Waals surface area contributed by atoms with Crippen molar-refractivity contribution in [2.45, 2.75) is 22.1 Å². The molecule has 0 saturated carbocycles. The Bertz CT molecular complexity index is 1290. The van der Waals surface area contributed by atoms with Crippen molar-refractivity contribution >= 4 is 64.6 Å². The van der Waals surface area contributed by atoms with Crippen molar-refractivity contribution in [3.05, 3.63) is 58.5 Å². The highest BCUT2D eigenvalue weighted by Crippen LogP contribution is 2.45. The second-order valence-corrected chi connectivity index (χ2v) is 11.1. The SMILES string of the molecule is NCCSCc1cnccc1SC1=C(C(=O)O)N2C(=O)[C@@H](NC(=O)/C(=N/O)c3cccc(N)n3)[C@H]2SC1. The summed E-state index contributed by atoms with van der Waals surface area (Å²) >= 11 is 4.27. The number of amides is 2. The van der Waals surface area contributed by atoms with E-state index in [9.17, 15) is 24.7 Å². The number of nitrogens with one attached hydrogen (secondary N) is 1. The van der Waals surface area contributed by atoms with Crippen molar-refractivity contribution < 1.29 is 24.7 Å². The highest BCUT2D eigenvalue weighted by Gasteiger charge is 2.54. The fourth-order valence-electron chi connectivity index (χ4n) is 3.70. The van der Waals surface area contributed by atoms with Crippen LogP contribution in [-0.4, -0.2) is 78.1 Å². The predicted octanol–water partition coefficient (Wildman–Crippen LogP) is 0.917. The largest absolute Gasteiger partial charge is 0.477 e. The van der Waals surface area contributed by atoms with Crippen LogP contribution in [0.2, 0.25) is 0 Å². The molecule has 2 amide bonds. The van der Waals surface area contributed by atoms with Crippen LogP contribution in [0.15, 0.2) is 57.3 Å². The average Bonchev–Trinajstić information content (AvgIpc) is 2.88. The van der Waals surface area contributed by atoms with Crippen LogP contribution in [0.1, 0.15) is 11.3 Å². The number of oxime groups is 1. The monoisotopic (exact) mass is 561 g/mol. The Morgan fingerprint density at radius 3 is 2.84 bits per heavy atom. The molecule has 1 fully saturated rings. The number of anilines is 1. The molecule has 37 heavy (non-hydrogen) atoms. The van der Waals surface area contributed by atoms with Gasteiger partial charge in [0.25, 0.3) is 11.8 Å². The van der Waals surface area contributed by atoms with Gasteiger partial charge in [0, 0.05) is 46.0 Å². The Labute approximate surface area is 224 Å². The lowest BCUT2D eigenvalue weighted by Crippen LogP contribution is -2.71. The lowest BCUT2D eigenvalue weighted by molar-refractivity contribution is -0.150. The molecule has 4 rings (SSSR count). The van der Waals surface area contributed by atoms with Gasteiger partial charge in [-0.3, -0.25) is 19.5 Å². The van der Waals surface area contributed by atoms with Gasteiger partial charge in [-0.15, -0.1) is 11.8 Å². The molecule has 0 radical (unpaired) electrons. The summed E-state index contributed by atoms with van der Waals surface area (Å²) in [6, 6.07) is 5.29. The number of aromatic nitrogens is 2. The van der Waals surface area contributed by atoms with E-state index in [0.717, 1.165) is 16.2 Å². The summed E-state index contributed by atoms with van der Waals surface area (Å²) in [6.45, 7) is 0.552. The van der Waals surface area contributed by atoms with Crippen LogP contribution in [-0.2, 0) is 20.1 Å². The molecule has 2 atom stereocenters. The van der Waals surface area contributed by atoms with Crippen LogP contribution in [0.5, 0.6) is 0 Å². The molecule has 15 heteroatoms. The summed E-state index contributed by atoms with van der Waals surface area (Å²) in [5, 5.41) is 24.3. The molecule has 7 N–H and O–H groups in total. The summed E-state index contributed by atoms with van der Waals surface area (Å²) in [5.74, 6) is -0.749. The molecule has 4 heterocycles. The number of hydrogen-bond donors (Lipinski definition) is 5. The van der Waals surface area contributed by atoms with E-state index in [1.54, 1.807) is 24.2 Å². The standard InChI is InChI=1S/C22H23N7O5S3/c23-5-7-35-9-11-8-25-6-4-13(11)37-14-10-36-21-17(20(31)29(21)18(14)22(32)33)27-19(30)16(28-34)12-2-1-3-15(24)26-12/h1-4,6,8,17,21,34H,5,7,9-10,23H2,(H2,24,26)(H,27,30)(H,32,33)/b28-16+/t17-,21-/m1/s1. The maximum Gasteiger partial charge on any atom is 0.353 e. The Kier molecular flexibility index (Phi) is 8.58. The zero-order valence-corrected chi connectivity index (χ0v) is 21.7. The van der Waals surface area contributed by atoms with E-state index in [1.807, 2.05) is 6.07 Å². The van der Waals surface area contributed by atoms with Crippen molar-refractivity contribution in [1.82, 2.24) is 20.2 Å². The number of nitrogen functional groups attached to an aromatic ring is 1. The number of thioether (sulfide) groups is 3. The molecule has 0 aromatic carbocycles. The number of nitrogens with zero attached hydrogens (tertiary/aromatic N) is 4. The van der Waals surface area contributed by atoms with Crippen LogP contribution in [0.3, 0.4) is 0 Å². The maximum atomic E-state index is 13.0. The molecular formula is C22H23N7O5S3. The molecule has 0 aliphatic carbocycles. The molecule has 2 aromatic heterocycles. The molecule has 194 valence electrons. The van der Waals surface area contributed by atoms with Gasteiger partial charge in [0.15, 0.2) is 5.71 Å². The molecule has 0 spiro atoms. The van der Waals surface area contributed by atoms with Crippen molar-refractivity contribution in [3.63, 3.8) is 0 Å². The van der Waals surface area contributed by atoms with Crippen LogP contribution in [0.25, 0.3) is 0 Å². The van der Waals surface area contributed by atoms with E-state index < -0.39 is 34.9 Å². The van der Waals surface area contributed by atoms with Crippen molar-refractivity contribution in [3.8, 4) is 0 Å². The zero-order valence-electron chi connectivity index (χ0n) is 19.2. The number of nitrogens with two attached hydrogens (primary N) is 2. The minimum absolute atomic E-state index is 0.0301. The molecule has 1 saturated heterocycles. The molecular weight excluding hydrogens is 538 g/mol. The Morgan fingerprint density at radius 1 is 1.32 bits per heavy atom. The van der Waals surface area contributed by atoms with Gasteiger partial charge in [-0.2, -0.15) is 11.8 Å². The number of pyridine rings is 2. The van der Waals surface area contributed by atoms with Crippen LogP contribution in [0.4, 0.5) is 5.82 Å². The first-order chi connectivity index (χ1) is 17.8. The third-order valence-corrected chi connectivity index (χ3v) is 9.07. The van der Waals surface area contributed by atoms with E-state index in [1.165, 1.54) is 46.6 Å². The van der Waals surface area contributed by atoms with E-state index in [0.29, 0.717) is 23.0 Å². The number of carboxylic acid groups (broad SMARTS) is 1. The van der Waals surface area contributed by atoms with Gasteiger partial charge < -0.3 is 27.1 Å². The first-order valence-corrected chi connectivity index (χ1v) is 13.9. The zero-order chi connectivity index (χ0) is 26.5. The summed E-state index contributed by atoms with van der Waals surface area (Å²) in [4.78, 5) is 48.7. The molecule has 2 aromatic rings. The quantitative estimate of drug-likeness (QED) is 0.0905.